The molecule has 3 unspecified atom stereocenters. The third kappa shape index (κ3) is 3.19. The lowest BCUT2D eigenvalue weighted by atomic mass is 9.77. The lowest BCUT2D eigenvalue weighted by Crippen LogP contribution is -2.29. The standard InChI is InChI=1S/C21H19ClN2O3/c1-2-10-27-14-7-9-20-17(12-14)15-4-3-5-16(15)21(23-20)18-11-13(24(25)26)6-8-19(18)22/h2-4,6-9,11-12,15-16,21,23H,1,5,10H2. The Bertz CT molecular complexity index is 941. The second-order valence-corrected chi connectivity index (χ2v) is 7.19. The Labute approximate surface area is 162 Å². The van der Waals surface area contributed by atoms with Crippen molar-refractivity contribution in [2.75, 3.05) is 11.9 Å². The van der Waals surface area contributed by atoms with Crippen LogP contribution in [0.15, 0.2) is 61.2 Å². The molecule has 1 aliphatic heterocycles. The molecule has 1 aliphatic carbocycles. The van der Waals surface area contributed by atoms with Gasteiger partial charge in [-0.1, -0.05) is 36.4 Å². The average molecular weight is 383 g/mol. The summed E-state index contributed by atoms with van der Waals surface area (Å²) in [6.45, 7) is 4.14. The van der Waals surface area contributed by atoms with Crippen molar-refractivity contribution in [3.8, 4) is 5.75 Å². The summed E-state index contributed by atoms with van der Waals surface area (Å²) in [6, 6.07) is 10.5. The molecule has 3 atom stereocenters. The Morgan fingerprint density at radius 1 is 1.30 bits per heavy atom. The SMILES string of the molecule is C=CCOc1ccc2c(c1)C1C=CCC1C(c1cc([N+](=O)[O-])ccc1Cl)N2. The van der Waals surface area contributed by atoms with Crippen molar-refractivity contribution in [1.29, 1.82) is 0 Å². The van der Waals surface area contributed by atoms with Crippen LogP contribution in [0, 0.1) is 16.0 Å². The summed E-state index contributed by atoms with van der Waals surface area (Å²) in [5.41, 5.74) is 2.99. The van der Waals surface area contributed by atoms with E-state index in [1.807, 2.05) is 12.1 Å². The maximum atomic E-state index is 11.2. The number of nitrogens with zero attached hydrogens (tertiary/aromatic N) is 1. The lowest BCUT2D eigenvalue weighted by molar-refractivity contribution is -0.384. The van der Waals surface area contributed by atoms with Crippen LogP contribution in [0.5, 0.6) is 5.75 Å². The molecule has 0 fully saturated rings. The van der Waals surface area contributed by atoms with Crippen LogP contribution >= 0.6 is 11.6 Å². The number of nitro benzene ring substituents is 1. The van der Waals surface area contributed by atoms with Gasteiger partial charge in [-0.05, 0) is 42.2 Å². The fourth-order valence-electron chi connectivity index (χ4n) is 4.01. The molecule has 0 saturated carbocycles. The van der Waals surface area contributed by atoms with Crippen molar-refractivity contribution in [2.24, 2.45) is 5.92 Å². The van der Waals surface area contributed by atoms with Gasteiger partial charge in [-0.25, -0.2) is 0 Å². The molecular formula is C21H19ClN2O3. The maximum absolute atomic E-state index is 11.2. The van der Waals surface area contributed by atoms with Crippen molar-refractivity contribution >= 4 is 23.0 Å². The fourth-order valence-corrected chi connectivity index (χ4v) is 4.24. The summed E-state index contributed by atoms with van der Waals surface area (Å²) in [5, 5.41) is 15.3. The van der Waals surface area contributed by atoms with Crippen molar-refractivity contribution in [3.05, 3.63) is 87.5 Å². The van der Waals surface area contributed by atoms with Crippen molar-refractivity contribution in [2.45, 2.75) is 18.4 Å². The van der Waals surface area contributed by atoms with Crippen LogP contribution in [-0.4, -0.2) is 11.5 Å². The van der Waals surface area contributed by atoms with Gasteiger partial charge in [0.2, 0.25) is 0 Å². The summed E-state index contributed by atoms with van der Waals surface area (Å²) < 4.78 is 5.68. The van der Waals surface area contributed by atoms with Crippen molar-refractivity contribution in [3.63, 3.8) is 0 Å². The fraction of sp³-hybridized carbons (Fsp3) is 0.238. The van der Waals surface area contributed by atoms with Crippen LogP contribution in [0.3, 0.4) is 0 Å². The zero-order valence-electron chi connectivity index (χ0n) is 14.6. The van der Waals surface area contributed by atoms with E-state index in [0.29, 0.717) is 11.6 Å². The molecule has 2 aromatic carbocycles. The molecule has 0 aromatic heterocycles. The Morgan fingerprint density at radius 3 is 2.93 bits per heavy atom. The van der Waals surface area contributed by atoms with Crippen LogP contribution in [-0.2, 0) is 0 Å². The van der Waals surface area contributed by atoms with E-state index in [0.717, 1.165) is 23.4 Å². The minimum Gasteiger partial charge on any atom is -0.490 e. The number of allylic oxidation sites excluding steroid dienone is 2. The molecule has 4 rings (SSSR count). The van der Waals surface area contributed by atoms with Gasteiger partial charge in [-0.2, -0.15) is 0 Å². The van der Waals surface area contributed by atoms with E-state index in [-0.39, 0.29) is 28.5 Å². The minimum absolute atomic E-state index is 0.0534. The Morgan fingerprint density at radius 2 is 2.15 bits per heavy atom. The Balaban J connectivity index is 1.73. The molecule has 1 heterocycles. The first-order valence-electron chi connectivity index (χ1n) is 8.83. The predicted molar refractivity (Wildman–Crippen MR) is 107 cm³/mol. The number of non-ortho nitro benzene ring substituents is 1. The number of fused-ring (bicyclic) bond motifs is 3. The molecule has 0 amide bonds. The molecule has 0 radical (unpaired) electrons. The maximum Gasteiger partial charge on any atom is 0.269 e. The number of nitrogens with one attached hydrogen (secondary N) is 1. The van der Waals surface area contributed by atoms with Gasteiger partial charge in [0.15, 0.2) is 0 Å². The number of hydrogen-bond donors (Lipinski definition) is 1. The van der Waals surface area contributed by atoms with E-state index in [1.54, 1.807) is 18.2 Å². The highest BCUT2D eigenvalue weighted by Gasteiger charge is 2.39. The quantitative estimate of drug-likeness (QED) is 0.413. The smallest absolute Gasteiger partial charge is 0.269 e. The average Bonchev–Trinajstić information content (AvgIpc) is 3.16. The highest BCUT2D eigenvalue weighted by atomic mass is 35.5. The predicted octanol–water partition coefficient (Wildman–Crippen LogP) is 5.64. The van der Waals surface area contributed by atoms with Gasteiger partial charge in [-0.3, -0.25) is 10.1 Å². The first-order chi connectivity index (χ1) is 13.1. The Hall–Kier alpha value is -2.79. The third-order valence-electron chi connectivity index (χ3n) is 5.23. The second-order valence-electron chi connectivity index (χ2n) is 6.79. The number of anilines is 1. The first-order valence-corrected chi connectivity index (χ1v) is 9.21. The molecule has 0 bridgehead atoms. The zero-order valence-corrected chi connectivity index (χ0v) is 15.4. The number of halogens is 1. The van der Waals surface area contributed by atoms with E-state index in [4.69, 9.17) is 16.3 Å². The normalized spacial score (nSPS) is 22.5. The summed E-state index contributed by atoms with van der Waals surface area (Å²) in [6.07, 6.45) is 6.98. The molecule has 2 aromatic rings. The van der Waals surface area contributed by atoms with Gasteiger partial charge in [-0.15, -0.1) is 0 Å². The highest BCUT2D eigenvalue weighted by Crippen LogP contribution is 2.51. The monoisotopic (exact) mass is 382 g/mol. The number of nitro groups is 1. The molecular weight excluding hydrogens is 364 g/mol. The summed E-state index contributed by atoms with van der Waals surface area (Å²) >= 11 is 6.42. The minimum atomic E-state index is -0.385. The molecule has 2 aliphatic rings. The van der Waals surface area contributed by atoms with Gasteiger partial charge in [0.25, 0.3) is 5.69 Å². The van der Waals surface area contributed by atoms with Crippen LogP contribution in [0.25, 0.3) is 0 Å². The van der Waals surface area contributed by atoms with Crippen LogP contribution < -0.4 is 10.1 Å². The summed E-state index contributed by atoms with van der Waals surface area (Å²) in [7, 11) is 0. The van der Waals surface area contributed by atoms with Crippen molar-refractivity contribution in [1.82, 2.24) is 0 Å². The summed E-state index contributed by atoms with van der Waals surface area (Å²) in [5.74, 6) is 1.27. The first kappa shape index (κ1) is 17.6. The van der Waals surface area contributed by atoms with Gasteiger partial charge >= 0.3 is 0 Å². The molecule has 27 heavy (non-hydrogen) atoms. The third-order valence-corrected chi connectivity index (χ3v) is 5.57. The van der Waals surface area contributed by atoms with E-state index in [1.165, 1.54) is 11.6 Å². The lowest BCUT2D eigenvalue weighted by Gasteiger charge is -2.38. The van der Waals surface area contributed by atoms with Crippen LogP contribution in [0.4, 0.5) is 11.4 Å². The van der Waals surface area contributed by atoms with Gasteiger partial charge < -0.3 is 10.1 Å². The second kappa shape index (κ2) is 7.08. The molecule has 6 heteroatoms. The van der Waals surface area contributed by atoms with Gasteiger partial charge in [0, 0.05) is 34.3 Å². The van der Waals surface area contributed by atoms with Crippen LogP contribution in [0.2, 0.25) is 5.02 Å². The highest BCUT2D eigenvalue weighted by molar-refractivity contribution is 6.31. The van der Waals surface area contributed by atoms with E-state index >= 15 is 0 Å². The molecule has 5 nitrogen and oxygen atoms in total. The topological polar surface area (TPSA) is 64.4 Å². The van der Waals surface area contributed by atoms with E-state index in [9.17, 15) is 10.1 Å². The molecule has 138 valence electrons. The zero-order chi connectivity index (χ0) is 19.0. The molecule has 0 saturated heterocycles. The molecule has 0 spiro atoms. The number of rotatable bonds is 5. The van der Waals surface area contributed by atoms with E-state index < -0.39 is 0 Å². The number of hydrogen-bond acceptors (Lipinski definition) is 4. The number of benzene rings is 2. The Kier molecular flexibility index (Phi) is 4.62. The van der Waals surface area contributed by atoms with Crippen molar-refractivity contribution < 1.29 is 9.66 Å². The van der Waals surface area contributed by atoms with Gasteiger partial charge in [0.05, 0.1) is 11.0 Å². The molecule has 1 N–H and O–H groups in total. The van der Waals surface area contributed by atoms with Gasteiger partial charge in [0.1, 0.15) is 12.4 Å². The van der Waals surface area contributed by atoms with Crippen LogP contribution in [0.1, 0.15) is 29.5 Å². The largest absolute Gasteiger partial charge is 0.490 e. The van der Waals surface area contributed by atoms with E-state index in [2.05, 4.69) is 30.1 Å². The number of ether oxygens (including phenoxy) is 1. The summed E-state index contributed by atoms with van der Waals surface area (Å²) in [4.78, 5) is 10.8.